The van der Waals surface area contributed by atoms with E-state index in [9.17, 15) is 21.6 Å². The summed E-state index contributed by atoms with van der Waals surface area (Å²) < 4.78 is 85.2. The molecule has 1 aliphatic heterocycles. The Bertz CT molecular complexity index is 1720. The van der Waals surface area contributed by atoms with Gasteiger partial charge in [0.1, 0.15) is 22.0 Å². The van der Waals surface area contributed by atoms with Gasteiger partial charge in [-0.1, -0.05) is 24.3 Å². The van der Waals surface area contributed by atoms with Crippen LogP contribution in [0.15, 0.2) is 65.8 Å². The predicted octanol–water partition coefficient (Wildman–Crippen LogP) is 6.09. The van der Waals surface area contributed by atoms with E-state index in [4.69, 9.17) is 9.47 Å². The van der Waals surface area contributed by atoms with Crippen LogP contribution in [0.25, 0.3) is 11.3 Å². The number of benzene rings is 2. The fourth-order valence-corrected chi connectivity index (χ4v) is 5.92. The molecule has 2 aromatic heterocycles. The molecule has 2 aromatic carbocycles. The van der Waals surface area contributed by atoms with Crippen LogP contribution in [0.4, 0.5) is 19.1 Å². The SMILES string of the molecule is CC(C)Oc1cccc(-c2nc(NS(=O)(=O)c3cnn(C)c3)nc(Oc3ccc(C4CCN(C)CC4)cc3)c2C(F)(F)F)c1. The van der Waals surface area contributed by atoms with Crippen LogP contribution in [0.3, 0.4) is 0 Å². The Kier molecular flexibility index (Phi) is 8.84. The van der Waals surface area contributed by atoms with Crippen molar-refractivity contribution in [1.29, 1.82) is 0 Å². The summed E-state index contributed by atoms with van der Waals surface area (Å²) in [5.41, 5.74) is -0.745. The Balaban J connectivity index is 1.59. The Hall–Kier alpha value is -4.17. The number of hydrogen-bond donors (Lipinski definition) is 1. The van der Waals surface area contributed by atoms with E-state index in [0.717, 1.165) is 37.7 Å². The lowest BCUT2D eigenvalue weighted by atomic mass is 9.90. The summed E-state index contributed by atoms with van der Waals surface area (Å²) in [5, 5.41) is 3.85. The fourth-order valence-electron chi connectivity index (χ4n) is 4.99. The Labute approximate surface area is 253 Å². The van der Waals surface area contributed by atoms with E-state index >= 15 is 0 Å². The van der Waals surface area contributed by atoms with Crippen LogP contribution >= 0.6 is 0 Å². The molecule has 0 amide bonds. The normalized spacial score (nSPS) is 15.0. The van der Waals surface area contributed by atoms with Gasteiger partial charge in [-0.3, -0.25) is 4.68 Å². The van der Waals surface area contributed by atoms with Crippen LogP contribution in [0.2, 0.25) is 0 Å². The molecule has 234 valence electrons. The molecule has 1 saturated heterocycles. The van der Waals surface area contributed by atoms with E-state index in [2.05, 4.69) is 31.7 Å². The zero-order valence-corrected chi connectivity index (χ0v) is 25.5. The second kappa shape index (κ2) is 12.4. The van der Waals surface area contributed by atoms with E-state index in [-0.39, 0.29) is 22.3 Å². The first-order chi connectivity index (χ1) is 20.8. The first-order valence-electron chi connectivity index (χ1n) is 14.0. The third-order valence-corrected chi connectivity index (χ3v) is 8.42. The van der Waals surface area contributed by atoms with Crippen molar-refractivity contribution in [2.75, 3.05) is 24.9 Å². The molecule has 3 heterocycles. The van der Waals surface area contributed by atoms with Crippen molar-refractivity contribution in [3.8, 4) is 28.6 Å². The molecule has 1 N–H and O–H groups in total. The molecule has 4 aromatic rings. The Morgan fingerprint density at radius 1 is 1.00 bits per heavy atom. The summed E-state index contributed by atoms with van der Waals surface area (Å²) >= 11 is 0. The number of halogens is 3. The smallest absolute Gasteiger partial charge is 0.423 e. The number of nitrogens with zero attached hydrogens (tertiary/aromatic N) is 5. The van der Waals surface area contributed by atoms with Gasteiger partial charge in [-0.15, -0.1) is 0 Å². The highest BCUT2D eigenvalue weighted by Gasteiger charge is 2.41. The van der Waals surface area contributed by atoms with Crippen molar-refractivity contribution in [2.24, 2.45) is 7.05 Å². The first kappa shape index (κ1) is 31.3. The van der Waals surface area contributed by atoms with Crippen molar-refractivity contribution < 1.29 is 31.1 Å². The zero-order chi connectivity index (χ0) is 31.6. The van der Waals surface area contributed by atoms with E-state index in [1.165, 1.54) is 36.1 Å². The van der Waals surface area contributed by atoms with Crippen molar-refractivity contribution in [1.82, 2.24) is 24.6 Å². The minimum Gasteiger partial charge on any atom is -0.491 e. The molecule has 0 bridgehead atoms. The molecule has 14 heteroatoms. The standard InChI is InChI=1S/C30H33F3N6O4S/c1-19(2)42-24-7-5-6-22(16-24)27-26(30(31,32)33)28(36-29(35-27)37-44(40,41)25-17-34-39(4)18-25)43-23-10-8-20(9-11-23)21-12-14-38(3)15-13-21/h5-11,16-19,21H,12-15H2,1-4H3,(H,35,36,37). The second-order valence-corrected chi connectivity index (χ2v) is 12.7. The van der Waals surface area contributed by atoms with Gasteiger partial charge in [0, 0.05) is 18.8 Å². The molecule has 0 saturated carbocycles. The maximum absolute atomic E-state index is 14.7. The van der Waals surface area contributed by atoms with E-state index in [0.29, 0.717) is 11.7 Å². The third kappa shape index (κ3) is 7.30. The molecule has 1 aliphatic rings. The highest BCUT2D eigenvalue weighted by atomic mass is 32.2. The lowest BCUT2D eigenvalue weighted by Gasteiger charge is -2.29. The van der Waals surface area contributed by atoms with Gasteiger partial charge >= 0.3 is 6.18 Å². The highest BCUT2D eigenvalue weighted by Crippen LogP contribution is 2.44. The summed E-state index contributed by atoms with van der Waals surface area (Å²) in [6.07, 6.45) is -0.911. The molecule has 0 spiro atoms. The summed E-state index contributed by atoms with van der Waals surface area (Å²) in [7, 11) is -0.700. The molecule has 10 nitrogen and oxygen atoms in total. The number of hydrogen-bond acceptors (Lipinski definition) is 8. The summed E-state index contributed by atoms with van der Waals surface area (Å²) in [5.74, 6) is -0.701. The van der Waals surface area contributed by atoms with Crippen molar-refractivity contribution >= 4 is 16.0 Å². The molecular weight excluding hydrogens is 597 g/mol. The largest absolute Gasteiger partial charge is 0.491 e. The number of rotatable bonds is 9. The molecule has 0 atom stereocenters. The van der Waals surface area contributed by atoms with Crippen molar-refractivity contribution in [2.45, 2.75) is 49.8 Å². The summed E-state index contributed by atoms with van der Waals surface area (Å²) in [6, 6.07) is 12.8. The number of likely N-dealkylation sites (tertiary alicyclic amines) is 1. The van der Waals surface area contributed by atoms with Gasteiger partial charge in [0.15, 0.2) is 0 Å². The topological polar surface area (TPSA) is 111 Å². The van der Waals surface area contributed by atoms with E-state index in [1.807, 2.05) is 12.1 Å². The predicted molar refractivity (Wildman–Crippen MR) is 158 cm³/mol. The highest BCUT2D eigenvalue weighted by molar-refractivity contribution is 7.92. The average molecular weight is 631 g/mol. The van der Waals surface area contributed by atoms with Crippen LogP contribution in [-0.4, -0.2) is 59.3 Å². The van der Waals surface area contributed by atoms with Crippen molar-refractivity contribution in [3.63, 3.8) is 0 Å². The van der Waals surface area contributed by atoms with E-state index in [1.54, 1.807) is 32.0 Å². The van der Waals surface area contributed by atoms with Gasteiger partial charge in [0.05, 0.1) is 18.0 Å². The van der Waals surface area contributed by atoms with Crippen LogP contribution in [0, 0.1) is 0 Å². The number of aryl methyl sites for hydroxylation is 1. The van der Waals surface area contributed by atoms with Crippen LogP contribution in [0.5, 0.6) is 17.4 Å². The molecule has 44 heavy (non-hydrogen) atoms. The maximum Gasteiger partial charge on any atom is 0.423 e. The van der Waals surface area contributed by atoms with Gasteiger partial charge in [0.2, 0.25) is 11.8 Å². The minimum absolute atomic E-state index is 0.0298. The van der Waals surface area contributed by atoms with Gasteiger partial charge in [-0.2, -0.15) is 23.3 Å². The summed E-state index contributed by atoms with van der Waals surface area (Å²) in [6.45, 7) is 5.49. The number of alkyl halides is 3. The zero-order valence-electron chi connectivity index (χ0n) is 24.7. The number of sulfonamides is 1. The van der Waals surface area contributed by atoms with Crippen LogP contribution in [-0.2, 0) is 23.2 Å². The number of ether oxygens (including phenoxy) is 2. The lowest BCUT2D eigenvalue weighted by molar-refractivity contribution is -0.138. The number of nitrogens with one attached hydrogen (secondary N) is 1. The van der Waals surface area contributed by atoms with Crippen molar-refractivity contribution in [3.05, 3.63) is 72.1 Å². The summed E-state index contributed by atoms with van der Waals surface area (Å²) in [4.78, 5) is 10.0. The average Bonchev–Trinajstić information content (AvgIpc) is 3.40. The monoisotopic (exact) mass is 630 g/mol. The molecule has 0 unspecified atom stereocenters. The number of piperidine rings is 1. The van der Waals surface area contributed by atoms with Gasteiger partial charge in [-0.25, -0.2) is 18.1 Å². The fraction of sp³-hybridized carbons (Fsp3) is 0.367. The number of aromatic nitrogens is 4. The number of anilines is 1. The molecule has 0 radical (unpaired) electrons. The van der Waals surface area contributed by atoms with Gasteiger partial charge < -0.3 is 14.4 Å². The third-order valence-electron chi connectivity index (χ3n) is 7.14. The lowest BCUT2D eigenvalue weighted by Crippen LogP contribution is -2.29. The molecular formula is C30H33F3N6O4S. The van der Waals surface area contributed by atoms with Gasteiger partial charge in [0.25, 0.3) is 10.0 Å². The van der Waals surface area contributed by atoms with Crippen LogP contribution < -0.4 is 14.2 Å². The molecule has 1 fully saturated rings. The molecule has 0 aliphatic carbocycles. The van der Waals surface area contributed by atoms with Gasteiger partial charge in [-0.05, 0) is 82.6 Å². The van der Waals surface area contributed by atoms with E-state index < -0.39 is 39.3 Å². The Morgan fingerprint density at radius 3 is 2.32 bits per heavy atom. The quantitative estimate of drug-likeness (QED) is 0.237. The molecule has 5 rings (SSSR count). The Morgan fingerprint density at radius 2 is 1.70 bits per heavy atom. The minimum atomic E-state index is -4.96. The second-order valence-electron chi connectivity index (χ2n) is 11.0. The van der Waals surface area contributed by atoms with Crippen LogP contribution in [0.1, 0.15) is 43.7 Å². The maximum atomic E-state index is 14.7. The first-order valence-corrected chi connectivity index (χ1v) is 15.5.